The quantitative estimate of drug-likeness (QED) is 0.825. The Kier molecular flexibility index (Phi) is 2.84. The lowest BCUT2D eigenvalue weighted by Gasteiger charge is -2.23. The SMILES string of the molecule is OC1(c2cc(Br)ccc2Cl)CCNC1. The third kappa shape index (κ3) is 1.82. The Morgan fingerprint density at radius 1 is 1.50 bits per heavy atom. The first kappa shape index (κ1) is 10.4. The summed E-state index contributed by atoms with van der Waals surface area (Å²) >= 11 is 9.43. The van der Waals surface area contributed by atoms with Gasteiger partial charge in [0.15, 0.2) is 0 Å². The van der Waals surface area contributed by atoms with Crippen LogP contribution in [-0.2, 0) is 5.60 Å². The molecule has 76 valence electrons. The van der Waals surface area contributed by atoms with Gasteiger partial charge in [-0.1, -0.05) is 27.5 Å². The molecule has 2 N–H and O–H groups in total. The third-order valence-corrected chi connectivity index (χ3v) is 3.39. The van der Waals surface area contributed by atoms with Gasteiger partial charge in [-0.3, -0.25) is 0 Å². The standard InChI is InChI=1S/C10H11BrClNO/c11-7-1-2-9(12)8(5-7)10(14)3-4-13-6-10/h1-2,5,13-14H,3-4,6H2. The average molecular weight is 277 g/mol. The van der Waals surface area contributed by atoms with Crippen LogP contribution in [0, 0.1) is 0 Å². The highest BCUT2D eigenvalue weighted by molar-refractivity contribution is 9.10. The van der Waals surface area contributed by atoms with Crippen LogP contribution in [0.15, 0.2) is 22.7 Å². The summed E-state index contributed by atoms with van der Waals surface area (Å²) in [5.74, 6) is 0. The predicted molar refractivity (Wildman–Crippen MR) is 60.5 cm³/mol. The van der Waals surface area contributed by atoms with Crippen LogP contribution in [0.5, 0.6) is 0 Å². The summed E-state index contributed by atoms with van der Waals surface area (Å²) < 4.78 is 0.942. The summed E-state index contributed by atoms with van der Waals surface area (Å²) in [6.45, 7) is 1.41. The maximum atomic E-state index is 10.3. The van der Waals surface area contributed by atoms with E-state index in [2.05, 4.69) is 21.2 Å². The zero-order chi connectivity index (χ0) is 10.2. The first-order valence-electron chi connectivity index (χ1n) is 4.50. The molecule has 2 nitrogen and oxygen atoms in total. The second-order valence-corrected chi connectivity index (χ2v) is 4.91. The molecule has 1 aromatic rings. The van der Waals surface area contributed by atoms with E-state index in [4.69, 9.17) is 11.6 Å². The molecule has 0 aromatic heterocycles. The molecule has 4 heteroatoms. The van der Waals surface area contributed by atoms with Crippen LogP contribution in [0.1, 0.15) is 12.0 Å². The van der Waals surface area contributed by atoms with Crippen molar-refractivity contribution >= 4 is 27.5 Å². The molecular weight excluding hydrogens is 265 g/mol. The van der Waals surface area contributed by atoms with E-state index < -0.39 is 5.60 Å². The number of halogens is 2. The molecule has 1 aliphatic rings. The minimum Gasteiger partial charge on any atom is -0.384 e. The van der Waals surface area contributed by atoms with Gasteiger partial charge in [-0.15, -0.1) is 0 Å². The second kappa shape index (κ2) is 3.81. The van der Waals surface area contributed by atoms with Crippen molar-refractivity contribution < 1.29 is 5.11 Å². The fourth-order valence-corrected chi connectivity index (χ4v) is 2.42. The van der Waals surface area contributed by atoms with Crippen molar-refractivity contribution in [3.63, 3.8) is 0 Å². The van der Waals surface area contributed by atoms with Gasteiger partial charge in [0, 0.05) is 21.6 Å². The van der Waals surface area contributed by atoms with Gasteiger partial charge in [0.05, 0.1) is 0 Å². The fourth-order valence-electron chi connectivity index (χ4n) is 1.76. The summed E-state index contributed by atoms with van der Waals surface area (Å²) in [6.07, 6.45) is 0.711. The highest BCUT2D eigenvalue weighted by Crippen LogP contribution is 2.34. The number of hydrogen-bond acceptors (Lipinski definition) is 2. The normalized spacial score (nSPS) is 26.8. The van der Waals surface area contributed by atoms with Crippen molar-refractivity contribution in [1.82, 2.24) is 5.32 Å². The number of β-amino-alcohol motifs (C(OH)–C–C–N with tert-alkyl or cyclic N) is 1. The van der Waals surface area contributed by atoms with Crippen LogP contribution in [0.25, 0.3) is 0 Å². The Bertz CT molecular complexity index is 350. The number of rotatable bonds is 1. The smallest absolute Gasteiger partial charge is 0.105 e. The average Bonchev–Trinajstić information content (AvgIpc) is 2.58. The van der Waals surface area contributed by atoms with E-state index in [1.165, 1.54) is 0 Å². The van der Waals surface area contributed by atoms with Gasteiger partial charge in [-0.25, -0.2) is 0 Å². The molecule has 0 amide bonds. The van der Waals surface area contributed by atoms with Crippen molar-refractivity contribution in [2.45, 2.75) is 12.0 Å². The van der Waals surface area contributed by atoms with Crippen molar-refractivity contribution in [3.05, 3.63) is 33.3 Å². The molecule has 0 aliphatic carbocycles. The Morgan fingerprint density at radius 2 is 2.29 bits per heavy atom. The lowest BCUT2D eigenvalue weighted by molar-refractivity contribution is 0.0588. The van der Waals surface area contributed by atoms with E-state index in [-0.39, 0.29) is 0 Å². The van der Waals surface area contributed by atoms with Crippen molar-refractivity contribution in [2.75, 3.05) is 13.1 Å². The van der Waals surface area contributed by atoms with Gasteiger partial charge in [0.2, 0.25) is 0 Å². The maximum Gasteiger partial charge on any atom is 0.105 e. The molecule has 0 saturated carbocycles. The van der Waals surface area contributed by atoms with Crippen LogP contribution in [0.2, 0.25) is 5.02 Å². The molecule has 14 heavy (non-hydrogen) atoms. The fraction of sp³-hybridized carbons (Fsp3) is 0.400. The largest absolute Gasteiger partial charge is 0.384 e. The Labute approximate surface area is 96.4 Å². The molecule has 0 bridgehead atoms. The van der Waals surface area contributed by atoms with Crippen molar-refractivity contribution in [2.24, 2.45) is 0 Å². The molecular formula is C10H11BrClNO. The van der Waals surface area contributed by atoms with Gasteiger partial charge in [0.25, 0.3) is 0 Å². The summed E-state index contributed by atoms with van der Waals surface area (Å²) in [5, 5.41) is 14.1. The van der Waals surface area contributed by atoms with E-state index in [1.54, 1.807) is 6.07 Å². The number of hydrogen-bond donors (Lipinski definition) is 2. The minimum absolute atomic E-state index is 0.573. The molecule has 1 aromatic carbocycles. The molecule has 1 fully saturated rings. The van der Waals surface area contributed by atoms with Gasteiger partial charge in [0.1, 0.15) is 5.60 Å². The van der Waals surface area contributed by atoms with Crippen LogP contribution >= 0.6 is 27.5 Å². The molecule has 0 radical (unpaired) electrons. The summed E-state index contributed by atoms with van der Waals surface area (Å²) in [6, 6.07) is 5.56. The van der Waals surface area contributed by atoms with Gasteiger partial charge >= 0.3 is 0 Å². The molecule has 1 atom stereocenters. The highest BCUT2D eigenvalue weighted by atomic mass is 79.9. The van der Waals surface area contributed by atoms with E-state index in [0.717, 1.165) is 16.6 Å². The van der Waals surface area contributed by atoms with Crippen LogP contribution in [0.3, 0.4) is 0 Å². The van der Waals surface area contributed by atoms with E-state index in [0.29, 0.717) is 18.0 Å². The molecule has 0 spiro atoms. The van der Waals surface area contributed by atoms with Crippen molar-refractivity contribution in [1.29, 1.82) is 0 Å². The molecule has 2 rings (SSSR count). The molecule has 1 aliphatic heterocycles. The minimum atomic E-state index is -0.805. The number of benzene rings is 1. The van der Waals surface area contributed by atoms with Crippen LogP contribution < -0.4 is 5.32 Å². The topological polar surface area (TPSA) is 32.3 Å². The zero-order valence-electron chi connectivity index (χ0n) is 7.56. The summed E-state index contributed by atoms with van der Waals surface area (Å²) in [7, 11) is 0. The van der Waals surface area contributed by atoms with E-state index >= 15 is 0 Å². The molecule has 1 unspecified atom stereocenters. The summed E-state index contributed by atoms with van der Waals surface area (Å²) in [4.78, 5) is 0. The Hall–Kier alpha value is -0.0900. The Balaban J connectivity index is 2.44. The Morgan fingerprint density at radius 3 is 2.93 bits per heavy atom. The van der Waals surface area contributed by atoms with E-state index in [9.17, 15) is 5.11 Å². The highest BCUT2D eigenvalue weighted by Gasteiger charge is 2.34. The van der Waals surface area contributed by atoms with Gasteiger partial charge < -0.3 is 10.4 Å². The lowest BCUT2D eigenvalue weighted by Crippen LogP contribution is -2.28. The first-order chi connectivity index (χ1) is 6.62. The maximum absolute atomic E-state index is 10.3. The van der Waals surface area contributed by atoms with Gasteiger partial charge in [-0.2, -0.15) is 0 Å². The molecule has 1 saturated heterocycles. The summed E-state index contributed by atoms with van der Waals surface area (Å²) in [5.41, 5.74) is -0.000494. The number of aliphatic hydroxyl groups is 1. The van der Waals surface area contributed by atoms with Gasteiger partial charge in [-0.05, 0) is 31.2 Å². The first-order valence-corrected chi connectivity index (χ1v) is 5.67. The monoisotopic (exact) mass is 275 g/mol. The number of nitrogens with one attached hydrogen (secondary N) is 1. The van der Waals surface area contributed by atoms with Crippen molar-refractivity contribution in [3.8, 4) is 0 Å². The van der Waals surface area contributed by atoms with Crippen LogP contribution in [0.4, 0.5) is 0 Å². The second-order valence-electron chi connectivity index (χ2n) is 3.58. The third-order valence-electron chi connectivity index (χ3n) is 2.56. The zero-order valence-corrected chi connectivity index (χ0v) is 9.90. The molecule has 1 heterocycles. The van der Waals surface area contributed by atoms with Crippen LogP contribution in [-0.4, -0.2) is 18.2 Å². The lowest BCUT2D eigenvalue weighted by atomic mass is 9.93. The predicted octanol–water partition coefficient (Wildman–Crippen LogP) is 2.28. The van der Waals surface area contributed by atoms with E-state index in [1.807, 2.05) is 12.1 Å².